The maximum atomic E-state index is 10.5. The second kappa shape index (κ2) is 7.21. The van der Waals surface area contributed by atoms with Crippen molar-refractivity contribution in [3.05, 3.63) is 65.3 Å². The van der Waals surface area contributed by atoms with E-state index < -0.39 is 0 Å². The van der Waals surface area contributed by atoms with Crippen LogP contribution in [0.15, 0.2) is 48.9 Å². The number of para-hydroxylation sites is 1. The number of hydrogen-bond acceptors (Lipinski definition) is 5. The SMILES string of the molecule is O=Cc1cc2ccccc2nc1Cl.O=Cc1cnccn1. The summed E-state index contributed by atoms with van der Waals surface area (Å²) in [6, 6.07) is 9.26. The summed E-state index contributed by atoms with van der Waals surface area (Å²) < 4.78 is 0. The minimum Gasteiger partial charge on any atom is -0.298 e. The fraction of sp³-hybridized carbons (Fsp3) is 0. The van der Waals surface area contributed by atoms with Gasteiger partial charge in [-0.3, -0.25) is 19.6 Å². The van der Waals surface area contributed by atoms with Crippen LogP contribution in [0.4, 0.5) is 0 Å². The van der Waals surface area contributed by atoms with Crippen LogP contribution >= 0.6 is 11.6 Å². The molecule has 0 radical (unpaired) electrons. The number of fused-ring (bicyclic) bond motifs is 1. The molecule has 0 amide bonds. The van der Waals surface area contributed by atoms with E-state index in [-0.39, 0.29) is 5.15 Å². The first-order chi connectivity index (χ1) is 10.2. The summed E-state index contributed by atoms with van der Waals surface area (Å²) in [7, 11) is 0. The van der Waals surface area contributed by atoms with Gasteiger partial charge in [0.05, 0.1) is 17.3 Å². The van der Waals surface area contributed by atoms with Crippen molar-refractivity contribution in [1.82, 2.24) is 15.0 Å². The third-order valence-corrected chi connectivity index (χ3v) is 2.84. The molecule has 0 spiro atoms. The number of aromatic nitrogens is 3. The van der Waals surface area contributed by atoms with E-state index in [1.807, 2.05) is 24.3 Å². The van der Waals surface area contributed by atoms with Crippen LogP contribution < -0.4 is 0 Å². The van der Waals surface area contributed by atoms with E-state index in [4.69, 9.17) is 11.6 Å². The van der Waals surface area contributed by atoms with Crippen LogP contribution in [0.2, 0.25) is 5.15 Å². The van der Waals surface area contributed by atoms with E-state index >= 15 is 0 Å². The van der Waals surface area contributed by atoms with Gasteiger partial charge in [-0.05, 0) is 12.1 Å². The molecule has 3 aromatic rings. The second-order valence-electron chi connectivity index (χ2n) is 3.93. The van der Waals surface area contributed by atoms with Gasteiger partial charge < -0.3 is 0 Å². The zero-order valence-corrected chi connectivity index (χ0v) is 11.6. The van der Waals surface area contributed by atoms with Gasteiger partial charge in [0.25, 0.3) is 0 Å². The average molecular weight is 300 g/mol. The number of benzene rings is 1. The van der Waals surface area contributed by atoms with Crippen LogP contribution in [0.25, 0.3) is 10.9 Å². The van der Waals surface area contributed by atoms with E-state index in [0.717, 1.165) is 10.9 Å². The van der Waals surface area contributed by atoms with Crippen LogP contribution in [0.5, 0.6) is 0 Å². The first kappa shape index (κ1) is 14.7. The molecule has 0 N–H and O–H groups in total. The molecule has 0 saturated carbocycles. The van der Waals surface area contributed by atoms with Gasteiger partial charge in [-0.1, -0.05) is 29.8 Å². The number of hydrogen-bond donors (Lipinski definition) is 0. The summed E-state index contributed by atoms with van der Waals surface area (Å²) in [5, 5.41) is 1.18. The Bertz CT molecular complexity index is 763. The lowest BCUT2D eigenvalue weighted by atomic mass is 10.2. The minimum atomic E-state index is 0.258. The highest BCUT2D eigenvalue weighted by atomic mass is 35.5. The Kier molecular flexibility index (Phi) is 5.06. The molecule has 0 unspecified atom stereocenters. The molecule has 0 aliphatic heterocycles. The molecule has 0 fully saturated rings. The summed E-state index contributed by atoms with van der Waals surface area (Å²) in [4.78, 5) is 31.9. The lowest BCUT2D eigenvalue weighted by Gasteiger charge is -1.99. The van der Waals surface area contributed by atoms with Gasteiger partial charge >= 0.3 is 0 Å². The number of carbonyl (C=O) groups excluding carboxylic acids is 2. The van der Waals surface area contributed by atoms with Crippen LogP contribution in [-0.2, 0) is 0 Å². The number of aldehydes is 2. The standard InChI is InChI=1S/C10H6ClNO.C5H4N2O/c11-10-8(6-13)5-7-3-1-2-4-9(7)12-10;8-4-5-3-6-1-2-7-5/h1-6H;1-4H. The lowest BCUT2D eigenvalue weighted by molar-refractivity contribution is 0.111. The summed E-state index contributed by atoms with van der Waals surface area (Å²) in [5.74, 6) is 0. The van der Waals surface area contributed by atoms with Crippen molar-refractivity contribution < 1.29 is 9.59 Å². The first-order valence-electron chi connectivity index (χ1n) is 5.96. The molecule has 0 aliphatic rings. The van der Waals surface area contributed by atoms with Crippen molar-refractivity contribution in [2.45, 2.75) is 0 Å². The Labute approximate surface area is 125 Å². The summed E-state index contributed by atoms with van der Waals surface area (Å²) in [5.41, 5.74) is 1.60. The molecule has 3 rings (SSSR count). The largest absolute Gasteiger partial charge is 0.298 e. The molecule has 0 saturated heterocycles. The van der Waals surface area contributed by atoms with Crippen LogP contribution in [0.3, 0.4) is 0 Å². The summed E-state index contributed by atoms with van der Waals surface area (Å²) in [6.07, 6.45) is 5.78. The number of rotatable bonds is 2. The highest BCUT2D eigenvalue weighted by molar-refractivity contribution is 6.32. The van der Waals surface area contributed by atoms with E-state index in [9.17, 15) is 9.59 Å². The molecule has 21 heavy (non-hydrogen) atoms. The fourth-order valence-corrected chi connectivity index (χ4v) is 1.75. The number of halogens is 1. The predicted octanol–water partition coefficient (Wildman–Crippen LogP) is 2.99. The van der Waals surface area contributed by atoms with Gasteiger partial charge in [0.2, 0.25) is 0 Å². The number of nitrogens with zero attached hydrogens (tertiary/aromatic N) is 3. The van der Waals surface area contributed by atoms with Gasteiger partial charge in [-0.2, -0.15) is 0 Å². The predicted molar refractivity (Wildman–Crippen MR) is 79.6 cm³/mol. The summed E-state index contributed by atoms with van der Waals surface area (Å²) in [6.45, 7) is 0. The molecule has 104 valence electrons. The monoisotopic (exact) mass is 299 g/mol. The zero-order valence-electron chi connectivity index (χ0n) is 10.8. The molecule has 5 nitrogen and oxygen atoms in total. The van der Waals surface area contributed by atoms with E-state index in [1.165, 1.54) is 18.6 Å². The Morgan fingerprint density at radius 1 is 1.05 bits per heavy atom. The lowest BCUT2D eigenvalue weighted by Crippen LogP contribution is -1.87. The molecule has 6 heteroatoms. The molecular formula is C15H10ClN3O2. The number of carbonyl (C=O) groups is 2. The van der Waals surface area contributed by atoms with Crippen LogP contribution in [0.1, 0.15) is 20.8 Å². The summed E-state index contributed by atoms with van der Waals surface area (Å²) >= 11 is 5.76. The highest BCUT2D eigenvalue weighted by Crippen LogP contribution is 2.18. The maximum Gasteiger partial charge on any atom is 0.170 e. The Morgan fingerprint density at radius 3 is 2.48 bits per heavy atom. The Hall–Kier alpha value is -2.66. The maximum absolute atomic E-state index is 10.5. The van der Waals surface area contributed by atoms with Gasteiger partial charge in [-0.15, -0.1) is 0 Å². The van der Waals surface area contributed by atoms with E-state index in [0.29, 0.717) is 23.8 Å². The van der Waals surface area contributed by atoms with Crippen molar-refractivity contribution >= 4 is 35.1 Å². The van der Waals surface area contributed by atoms with Crippen molar-refractivity contribution in [3.8, 4) is 0 Å². The molecule has 0 atom stereocenters. The van der Waals surface area contributed by atoms with Gasteiger partial charge in [0, 0.05) is 17.8 Å². The normalized spacial score (nSPS) is 9.57. The molecule has 0 aliphatic carbocycles. The highest BCUT2D eigenvalue weighted by Gasteiger charge is 2.02. The van der Waals surface area contributed by atoms with Crippen molar-refractivity contribution in [1.29, 1.82) is 0 Å². The smallest absolute Gasteiger partial charge is 0.170 e. The average Bonchev–Trinajstić information content (AvgIpc) is 2.55. The van der Waals surface area contributed by atoms with Gasteiger partial charge in [0.15, 0.2) is 12.6 Å². The first-order valence-corrected chi connectivity index (χ1v) is 6.34. The minimum absolute atomic E-state index is 0.258. The second-order valence-corrected chi connectivity index (χ2v) is 4.29. The molecule has 2 heterocycles. The third-order valence-electron chi connectivity index (χ3n) is 2.54. The van der Waals surface area contributed by atoms with E-state index in [1.54, 1.807) is 6.07 Å². The van der Waals surface area contributed by atoms with Crippen molar-refractivity contribution in [3.63, 3.8) is 0 Å². The quantitative estimate of drug-likeness (QED) is 0.537. The van der Waals surface area contributed by atoms with Crippen LogP contribution in [-0.4, -0.2) is 27.5 Å². The van der Waals surface area contributed by atoms with Crippen LogP contribution in [0, 0.1) is 0 Å². The van der Waals surface area contributed by atoms with E-state index in [2.05, 4.69) is 15.0 Å². The Balaban J connectivity index is 0.000000173. The number of pyridine rings is 1. The van der Waals surface area contributed by atoms with Crippen molar-refractivity contribution in [2.75, 3.05) is 0 Å². The molecule has 0 bridgehead atoms. The Morgan fingerprint density at radius 2 is 1.86 bits per heavy atom. The molecular weight excluding hydrogens is 290 g/mol. The topological polar surface area (TPSA) is 72.8 Å². The third kappa shape index (κ3) is 3.90. The molecule has 1 aromatic carbocycles. The van der Waals surface area contributed by atoms with Gasteiger partial charge in [-0.25, -0.2) is 4.98 Å². The molecule has 2 aromatic heterocycles. The zero-order chi connectivity index (χ0) is 15.1. The van der Waals surface area contributed by atoms with Gasteiger partial charge in [0.1, 0.15) is 10.8 Å². The van der Waals surface area contributed by atoms with Crippen molar-refractivity contribution in [2.24, 2.45) is 0 Å². The fourth-order valence-electron chi connectivity index (χ4n) is 1.56.